The lowest BCUT2D eigenvalue weighted by Crippen LogP contribution is -2.43. The molecule has 0 N–H and O–H groups in total. The lowest BCUT2D eigenvalue weighted by molar-refractivity contribution is 0.105. The lowest BCUT2D eigenvalue weighted by Gasteiger charge is -2.37. The summed E-state index contributed by atoms with van der Waals surface area (Å²) < 4.78 is 7.41. The summed E-state index contributed by atoms with van der Waals surface area (Å²) in [5.74, 6) is 2.07. The summed E-state index contributed by atoms with van der Waals surface area (Å²) in [5, 5.41) is 8.63. The first-order chi connectivity index (χ1) is 8.81. The zero-order valence-corrected chi connectivity index (χ0v) is 11.3. The van der Waals surface area contributed by atoms with Gasteiger partial charge in [0, 0.05) is 26.2 Å². The minimum absolute atomic E-state index is 0.389. The minimum Gasteiger partial charge on any atom is -0.377 e. The van der Waals surface area contributed by atoms with Crippen LogP contribution >= 0.6 is 0 Å². The van der Waals surface area contributed by atoms with Gasteiger partial charge in [-0.3, -0.25) is 4.90 Å². The van der Waals surface area contributed by atoms with Crippen molar-refractivity contribution in [1.82, 2.24) is 19.7 Å². The number of fused-ring (bicyclic) bond motifs is 1. The zero-order chi connectivity index (χ0) is 12.5. The Morgan fingerprint density at radius 1 is 1.22 bits per heavy atom. The third-order valence-electron chi connectivity index (χ3n) is 4.38. The molecule has 5 heteroatoms. The number of hydrogen-bond donors (Lipinski definition) is 0. The van der Waals surface area contributed by atoms with Crippen LogP contribution in [-0.2, 0) is 17.9 Å². The molecular formula is C13H22N4O. The molecule has 0 bridgehead atoms. The lowest BCUT2D eigenvalue weighted by atomic mass is 10.1. The second kappa shape index (κ2) is 4.97. The maximum Gasteiger partial charge on any atom is 0.159 e. The molecule has 2 aliphatic rings. The maximum absolute atomic E-state index is 5.18. The molecule has 0 aromatic carbocycles. The van der Waals surface area contributed by atoms with Crippen molar-refractivity contribution in [3.05, 3.63) is 11.6 Å². The Balaban J connectivity index is 1.81. The number of nitrogens with zero attached hydrogens (tertiary/aromatic N) is 4. The van der Waals surface area contributed by atoms with Gasteiger partial charge in [-0.15, -0.1) is 10.2 Å². The molecular weight excluding hydrogens is 228 g/mol. The highest BCUT2D eigenvalue weighted by Crippen LogP contribution is 2.32. The van der Waals surface area contributed by atoms with Crippen molar-refractivity contribution in [3.63, 3.8) is 0 Å². The second-order valence-corrected chi connectivity index (χ2v) is 5.41. The van der Waals surface area contributed by atoms with E-state index in [1.54, 1.807) is 7.11 Å². The van der Waals surface area contributed by atoms with Gasteiger partial charge in [0.1, 0.15) is 12.4 Å². The van der Waals surface area contributed by atoms with Crippen LogP contribution in [0, 0.1) is 0 Å². The van der Waals surface area contributed by atoms with E-state index in [9.17, 15) is 0 Å². The van der Waals surface area contributed by atoms with Crippen molar-refractivity contribution in [2.45, 2.75) is 57.8 Å². The van der Waals surface area contributed by atoms with E-state index >= 15 is 0 Å². The predicted molar refractivity (Wildman–Crippen MR) is 68.1 cm³/mol. The summed E-state index contributed by atoms with van der Waals surface area (Å²) in [6, 6.07) is 1.15. The van der Waals surface area contributed by atoms with Gasteiger partial charge in [-0.05, 0) is 19.8 Å². The van der Waals surface area contributed by atoms with Gasteiger partial charge in [0.15, 0.2) is 5.82 Å². The van der Waals surface area contributed by atoms with Gasteiger partial charge in [-0.2, -0.15) is 0 Å². The van der Waals surface area contributed by atoms with Gasteiger partial charge in [0.05, 0.1) is 6.04 Å². The van der Waals surface area contributed by atoms with Crippen LogP contribution in [0.5, 0.6) is 0 Å². The molecule has 18 heavy (non-hydrogen) atoms. The molecule has 1 aromatic heterocycles. The minimum atomic E-state index is 0.389. The first-order valence-corrected chi connectivity index (χ1v) is 6.98. The first-order valence-electron chi connectivity index (χ1n) is 6.98. The van der Waals surface area contributed by atoms with Gasteiger partial charge < -0.3 is 9.30 Å². The largest absolute Gasteiger partial charge is 0.377 e. The summed E-state index contributed by atoms with van der Waals surface area (Å²) in [7, 11) is 1.71. The van der Waals surface area contributed by atoms with E-state index in [1.165, 1.54) is 25.7 Å². The monoisotopic (exact) mass is 250 g/mol. The molecule has 0 spiro atoms. The van der Waals surface area contributed by atoms with Crippen molar-refractivity contribution in [2.24, 2.45) is 0 Å². The van der Waals surface area contributed by atoms with Gasteiger partial charge in [0.2, 0.25) is 0 Å². The molecule has 2 heterocycles. The van der Waals surface area contributed by atoms with Gasteiger partial charge in [-0.25, -0.2) is 0 Å². The van der Waals surface area contributed by atoms with E-state index in [1.807, 2.05) is 0 Å². The SMILES string of the molecule is COCc1nnc2n1CCN(C1CCCC1)[C@@H]2C. The summed E-state index contributed by atoms with van der Waals surface area (Å²) in [5.41, 5.74) is 0. The number of methoxy groups -OCH3 is 1. The van der Waals surface area contributed by atoms with E-state index in [4.69, 9.17) is 4.74 Å². The average Bonchev–Trinajstić information content (AvgIpc) is 3.00. The van der Waals surface area contributed by atoms with Gasteiger partial charge >= 0.3 is 0 Å². The Morgan fingerprint density at radius 3 is 2.72 bits per heavy atom. The maximum atomic E-state index is 5.18. The number of ether oxygens (including phenoxy) is 1. The normalized spacial score (nSPS) is 25.6. The molecule has 1 aliphatic carbocycles. The third-order valence-corrected chi connectivity index (χ3v) is 4.38. The van der Waals surface area contributed by atoms with E-state index in [0.717, 1.165) is 30.8 Å². The van der Waals surface area contributed by atoms with Crippen molar-refractivity contribution < 1.29 is 4.74 Å². The molecule has 1 saturated carbocycles. The molecule has 1 aliphatic heterocycles. The Hall–Kier alpha value is -0.940. The van der Waals surface area contributed by atoms with Gasteiger partial charge in [-0.1, -0.05) is 12.8 Å². The van der Waals surface area contributed by atoms with E-state index in [0.29, 0.717) is 12.6 Å². The highest BCUT2D eigenvalue weighted by atomic mass is 16.5. The Kier molecular flexibility index (Phi) is 3.35. The number of rotatable bonds is 3. The molecule has 0 unspecified atom stereocenters. The first kappa shape index (κ1) is 12.1. The van der Waals surface area contributed by atoms with Crippen LogP contribution in [-0.4, -0.2) is 39.4 Å². The van der Waals surface area contributed by atoms with Crippen molar-refractivity contribution in [3.8, 4) is 0 Å². The zero-order valence-electron chi connectivity index (χ0n) is 11.3. The molecule has 0 amide bonds. The summed E-state index contributed by atoms with van der Waals surface area (Å²) in [6.45, 7) is 4.94. The standard InChI is InChI=1S/C13H22N4O/c1-10-13-15-14-12(9-18-2)17(13)8-7-16(10)11-5-3-4-6-11/h10-11H,3-9H2,1-2H3/t10-/m1/s1. The third kappa shape index (κ3) is 1.95. The fraction of sp³-hybridized carbons (Fsp3) is 0.846. The molecule has 100 valence electrons. The highest BCUT2D eigenvalue weighted by Gasteiger charge is 2.33. The number of aromatic nitrogens is 3. The quantitative estimate of drug-likeness (QED) is 0.819. The number of hydrogen-bond acceptors (Lipinski definition) is 4. The van der Waals surface area contributed by atoms with E-state index < -0.39 is 0 Å². The van der Waals surface area contributed by atoms with E-state index in [2.05, 4.69) is 26.6 Å². The van der Waals surface area contributed by atoms with Crippen LogP contribution in [0.25, 0.3) is 0 Å². The second-order valence-electron chi connectivity index (χ2n) is 5.41. The molecule has 0 radical (unpaired) electrons. The van der Waals surface area contributed by atoms with Crippen LogP contribution < -0.4 is 0 Å². The average molecular weight is 250 g/mol. The smallest absolute Gasteiger partial charge is 0.159 e. The molecule has 1 atom stereocenters. The summed E-state index contributed by atoms with van der Waals surface area (Å²) in [6.07, 6.45) is 5.47. The van der Waals surface area contributed by atoms with Crippen molar-refractivity contribution >= 4 is 0 Å². The summed E-state index contributed by atoms with van der Waals surface area (Å²) in [4.78, 5) is 2.62. The Morgan fingerprint density at radius 2 is 2.00 bits per heavy atom. The van der Waals surface area contributed by atoms with Crippen LogP contribution in [0.2, 0.25) is 0 Å². The summed E-state index contributed by atoms with van der Waals surface area (Å²) >= 11 is 0. The van der Waals surface area contributed by atoms with Crippen LogP contribution in [0.1, 0.15) is 50.3 Å². The topological polar surface area (TPSA) is 43.2 Å². The van der Waals surface area contributed by atoms with Gasteiger partial charge in [0.25, 0.3) is 0 Å². The fourth-order valence-electron chi connectivity index (χ4n) is 3.43. The highest BCUT2D eigenvalue weighted by molar-refractivity contribution is 5.05. The van der Waals surface area contributed by atoms with E-state index in [-0.39, 0.29) is 0 Å². The molecule has 3 rings (SSSR count). The fourth-order valence-corrected chi connectivity index (χ4v) is 3.43. The Bertz CT molecular complexity index is 411. The molecule has 0 saturated heterocycles. The van der Waals surface area contributed by atoms with Crippen LogP contribution in [0.3, 0.4) is 0 Å². The van der Waals surface area contributed by atoms with Crippen molar-refractivity contribution in [2.75, 3.05) is 13.7 Å². The molecule has 5 nitrogen and oxygen atoms in total. The molecule has 1 aromatic rings. The van der Waals surface area contributed by atoms with Crippen LogP contribution in [0.4, 0.5) is 0 Å². The molecule has 1 fully saturated rings. The predicted octanol–water partition coefficient (Wildman–Crippen LogP) is 1.74. The van der Waals surface area contributed by atoms with Crippen molar-refractivity contribution in [1.29, 1.82) is 0 Å². The van der Waals surface area contributed by atoms with Crippen LogP contribution in [0.15, 0.2) is 0 Å². The Labute approximate surface area is 108 Å².